The van der Waals surface area contributed by atoms with E-state index < -0.39 is 17.4 Å². The summed E-state index contributed by atoms with van der Waals surface area (Å²) in [6.45, 7) is 4.11. The van der Waals surface area contributed by atoms with E-state index in [9.17, 15) is 28.7 Å². The van der Waals surface area contributed by atoms with Gasteiger partial charge in [0.15, 0.2) is 0 Å². The minimum Gasteiger partial charge on any atom is -0.384 e. The number of hydrogen-bond donors (Lipinski definition) is 5. The molecule has 1 saturated heterocycles. The first-order valence-electron chi connectivity index (χ1n) is 10.6. The molecule has 2 aromatic carbocycles. The average molecular weight is 474 g/mol. The van der Waals surface area contributed by atoms with Crippen molar-refractivity contribution in [2.75, 3.05) is 30.3 Å². The van der Waals surface area contributed by atoms with Gasteiger partial charge in [-0.25, -0.2) is 14.0 Å². The number of halogens is 1. The van der Waals surface area contributed by atoms with Crippen LogP contribution in [0.2, 0.25) is 0 Å². The second-order valence-electron chi connectivity index (χ2n) is 7.63. The number of nitrogens with one attached hydrogen (secondary N) is 4. The highest BCUT2D eigenvalue weighted by Gasteiger charge is 2.27. The molecule has 0 bridgehead atoms. The number of amides is 6. The quantitative estimate of drug-likeness (QED) is 0.296. The lowest BCUT2D eigenvalue weighted by Gasteiger charge is -2.24. The number of hydrogen-bond acceptors (Lipinski definition) is 5. The number of anilines is 2. The van der Waals surface area contributed by atoms with Gasteiger partial charge in [-0.05, 0) is 55.3 Å². The molecule has 1 heterocycles. The predicted molar refractivity (Wildman–Crippen MR) is 125 cm³/mol. The van der Waals surface area contributed by atoms with Crippen LogP contribution in [0, 0.1) is 5.82 Å². The molecule has 182 valence electrons. The van der Waals surface area contributed by atoms with Gasteiger partial charge >= 0.3 is 12.1 Å². The van der Waals surface area contributed by atoms with Crippen molar-refractivity contribution in [3.05, 3.63) is 59.9 Å². The second-order valence-corrected chi connectivity index (χ2v) is 7.63. The largest absolute Gasteiger partial charge is 0.384 e. The van der Waals surface area contributed by atoms with Crippen molar-refractivity contribution in [3.8, 4) is 0 Å². The summed E-state index contributed by atoms with van der Waals surface area (Å²) in [7, 11) is 0. The molecular formula is C23H28FN5O5. The van der Waals surface area contributed by atoms with E-state index in [1.165, 1.54) is 36.1 Å². The Bertz CT molecular complexity index is 980. The summed E-state index contributed by atoms with van der Waals surface area (Å²) in [4.78, 5) is 45.0. The molecule has 10 nitrogen and oxygen atoms in total. The number of urea groups is 2. The molecule has 1 aliphatic heterocycles. The molecule has 1 aliphatic rings. The fourth-order valence-corrected chi connectivity index (χ4v) is 2.96. The van der Waals surface area contributed by atoms with E-state index in [0.717, 1.165) is 6.42 Å². The first-order valence-corrected chi connectivity index (χ1v) is 10.6. The van der Waals surface area contributed by atoms with Crippen LogP contribution in [-0.2, 0) is 15.2 Å². The summed E-state index contributed by atoms with van der Waals surface area (Å²) in [5.74, 6) is -0.514. The summed E-state index contributed by atoms with van der Waals surface area (Å²) in [6.07, 6.45) is 1.38. The van der Waals surface area contributed by atoms with Crippen LogP contribution in [0.4, 0.5) is 25.4 Å². The Morgan fingerprint density at radius 3 is 2.29 bits per heavy atom. The molecule has 5 N–H and O–H groups in total. The van der Waals surface area contributed by atoms with Gasteiger partial charge in [-0.15, -0.1) is 0 Å². The zero-order chi connectivity index (χ0) is 25.1. The van der Waals surface area contributed by atoms with Crippen molar-refractivity contribution in [2.24, 2.45) is 0 Å². The number of nitrogens with zero attached hydrogens (tertiary/aromatic N) is 1. The maximum absolute atomic E-state index is 12.9. The fourth-order valence-electron chi connectivity index (χ4n) is 2.96. The van der Waals surface area contributed by atoms with E-state index in [-0.39, 0.29) is 25.0 Å². The van der Waals surface area contributed by atoms with Crippen LogP contribution >= 0.6 is 0 Å². The third-order valence-electron chi connectivity index (χ3n) is 4.81. The molecule has 0 aromatic heterocycles. The van der Waals surface area contributed by atoms with Crippen molar-refractivity contribution >= 4 is 35.8 Å². The molecule has 0 aliphatic carbocycles. The number of benzene rings is 2. The molecule has 3 rings (SSSR count). The van der Waals surface area contributed by atoms with Crippen LogP contribution in [-0.4, -0.2) is 54.0 Å². The molecule has 0 spiro atoms. The van der Waals surface area contributed by atoms with Crippen LogP contribution in [0.3, 0.4) is 0 Å². The number of imide groups is 1. The third kappa shape index (κ3) is 7.85. The van der Waals surface area contributed by atoms with Gasteiger partial charge in [0.25, 0.3) is 0 Å². The molecule has 2 aromatic rings. The molecule has 1 unspecified atom stereocenters. The average Bonchev–Trinajstić information content (AvgIpc) is 3.13. The van der Waals surface area contributed by atoms with E-state index in [2.05, 4.69) is 21.3 Å². The lowest BCUT2D eigenvalue weighted by atomic mass is 9.96. The van der Waals surface area contributed by atoms with Gasteiger partial charge in [0.2, 0.25) is 12.3 Å². The van der Waals surface area contributed by atoms with E-state index in [1.54, 1.807) is 24.3 Å². The maximum Gasteiger partial charge on any atom is 0.324 e. The monoisotopic (exact) mass is 473 g/mol. The van der Waals surface area contributed by atoms with Gasteiger partial charge < -0.3 is 26.4 Å². The number of aliphatic hydroxyl groups is 1. The van der Waals surface area contributed by atoms with E-state index >= 15 is 0 Å². The van der Waals surface area contributed by atoms with Crippen molar-refractivity contribution in [1.82, 2.24) is 15.5 Å². The zero-order valence-electron chi connectivity index (χ0n) is 18.9. The zero-order valence-corrected chi connectivity index (χ0v) is 18.9. The minimum atomic E-state index is -1.33. The lowest BCUT2D eigenvalue weighted by Crippen LogP contribution is -2.40. The molecule has 11 heteroatoms. The van der Waals surface area contributed by atoms with Crippen LogP contribution < -0.4 is 21.3 Å². The van der Waals surface area contributed by atoms with Crippen LogP contribution in [0.1, 0.15) is 25.8 Å². The molecular weight excluding hydrogens is 445 g/mol. The Morgan fingerprint density at radius 1 is 1.15 bits per heavy atom. The molecule has 0 radical (unpaired) electrons. The fraction of sp³-hybridized carbons (Fsp3) is 0.304. The number of carbonyl (C=O) groups is 4. The highest BCUT2D eigenvalue weighted by atomic mass is 19.1. The van der Waals surface area contributed by atoms with Crippen molar-refractivity contribution in [3.63, 3.8) is 0 Å². The van der Waals surface area contributed by atoms with E-state index in [1.807, 2.05) is 6.92 Å². The van der Waals surface area contributed by atoms with Gasteiger partial charge in [-0.2, -0.15) is 0 Å². The summed E-state index contributed by atoms with van der Waals surface area (Å²) >= 11 is 0. The molecule has 0 saturated carbocycles. The third-order valence-corrected chi connectivity index (χ3v) is 4.81. The highest BCUT2D eigenvalue weighted by Crippen LogP contribution is 2.20. The first-order chi connectivity index (χ1) is 16.2. The lowest BCUT2D eigenvalue weighted by molar-refractivity contribution is -0.125. The molecule has 1 atom stereocenters. The number of carbonyl (C=O) groups excluding carboxylic acids is 4. The Kier molecular flexibility index (Phi) is 9.50. The smallest absolute Gasteiger partial charge is 0.324 e. The Morgan fingerprint density at radius 2 is 1.76 bits per heavy atom. The SMILES string of the molecule is CC(O)(CNC(=O)Nc1ccc(NC=O)cc1)c1ccc(F)cc1.CCCN1C(=O)CNC1=O. The normalized spacial score (nSPS) is 14.3. The van der Waals surface area contributed by atoms with Gasteiger partial charge in [0.05, 0.1) is 13.1 Å². The highest BCUT2D eigenvalue weighted by molar-refractivity contribution is 6.01. The Balaban J connectivity index is 0.000000340. The van der Waals surface area contributed by atoms with E-state index in [0.29, 0.717) is 29.9 Å². The summed E-state index contributed by atoms with van der Waals surface area (Å²) < 4.78 is 12.9. The molecule has 34 heavy (non-hydrogen) atoms. The van der Waals surface area contributed by atoms with Crippen LogP contribution in [0.25, 0.3) is 0 Å². The van der Waals surface area contributed by atoms with Gasteiger partial charge in [0, 0.05) is 17.9 Å². The van der Waals surface area contributed by atoms with Gasteiger partial charge in [-0.3, -0.25) is 14.5 Å². The summed E-state index contributed by atoms with van der Waals surface area (Å²) in [6, 6.07) is 11.2. The summed E-state index contributed by atoms with van der Waals surface area (Å²) in [5.41, 5.74) is 0.303. The van der Waals surface area contributed by atoms with Crippen molar-refractivity contribution in [1.29, 1.82) is 0 Å². The maximum atomic E-state index is 12.9. The topological polar surface area (TPSA) is 140 Å². The molecule has 6 amide bonds. The molecule has 1 fully saturated rings. The first kappa shape index (κ1) is 26.3. The Labute approximate surface area is 196 Å². The second kappa shape index (κ2) is 12.3. The van der Waals surface area contributed by atoms with E-state index in [4.69, 9.17) is 0 Å². The summed E-state index contributed by atoms with van der Waals surface area (Å²) in [5, 5.41) is 20.5. The van der Waals surface area contributed by atoms with Crippen molar-refractivity contribution < 1.29 is 28.7 Å². The van der Waals surface area contributed by atoms with Crippen LogP contribution in [0.15, 0.2) is 48.5 Å². The minimum absolute atomic E-state index is 0.0464. The Hall–Kier alpha value is -3.99. The van der Waals surface area contributed by atoms with Gasteiger partial charge in [0.1, 0.15) is 11.4 Å². The van der Waals surface area contributed by atoms with Crippen molar-refractivity contribution in [2.45, 2.75) is 25.9 Å². The van der Waals surface area contributed by atoms with Gasteiger partial charge in [-0.1, -0.05) is 19.1 Å². The number of rotatable bonds is 8. The predicted octanol–water partition coefficient (Wildman–Crippen LogP) is 2.37. The van der Waals surface area contributed by atoms with Crippen LogP contribution in [0.5, 0.6) is 0 Å². The standard InChI is InChI=1S/C17H18FN3O3.C6H10N2O2/c1-17(24,12-2-4-13(18)5-3-12)10-19-16(23)21-15-8-6-14(7-9-15)20-11-22;1-2-3-8-5(9)4-7-6(8)10/h2-9,11,24H,10H2,1H3,(H,20,22)(H2,19,21,23);2-4H2,1H3,(H,7,10).